The topological polar surface area (TPSA) is 80.5 Å². The highest BCUT2D eigenvalue weighted by Gasteiger charge is 2.26. The van der Waals surface area contributed by atoms with Crippen molar-refractivity contribution < 1.29 is 13.3 Å². The van der Waals surface area contributed by atoms with Gasteiger partial charge in [-0.3, -0.25) is 0 Å². The van der Waals surface area contributed by atoms with Crippen molar-refractivity contribution in [1.82, 2.24) is 4.57 Å². The van der Waals surface area contributed by atoms with Gasteiger partial charge in [-0.25, -0.2) is 4.99 Å². The van der Waals surface area contributed by atoms with Gasteiger partial charge in [0, 0.05) is 28.9 Å². The van der Waals surface area contributed by atoms with Crippen molar-refractivity contribution >= 4 is 12.1 Å². The SMILES string of the molecule is Cc1ccccc1-n1c(C)cc(C=Nc2oc(-c3ccco3)c(-c3ccco3)c2C#N)c1C. The molecule has 0 radical (unpaired) electrons. The first kappa shape index (κ1) is 20.4. The lowest BCUT2D eigenvalue weighted by molar-refractivity contribution is 0.527. The minimum atomic E-state index is 0.205. The van der Waals surface area contributed by atoms with E-state index in [1.165, 1.54) is 5.56 Å². The Kier molecular flexibility index (Phi) is 5.08. The van der Waals surface area contributed by atoms with Crippen LogP contribution in [0, 0.1) is 32.1 Å². The van der Waals surface area contributed by atoms with Crippen LogP contribution in [0.15, 0.2) is 85.4 Å². The van der Waals surface area contributed by atoms with Crippen molar-refractivity contribution in [2.45, 2.75) is 20.8 Å². The highest BCUT2D eigenvalue weighted by Crippen LogP contribution is 2.42. The van der Waals surface area contributed by atoms with Crippen LogP contribution in [-0.4, -0.2) is 10.8 Å². The molecule has 162 valence electrons. The zero-order chi connectivity index (χ0) is 22.9. The van der Waals surface area contributed by atoms with Crippen LogP contribution in [0.1, 0.15) is 28.1 Å². The Morgan fingerprint density at radius 1 is 0.939 bits per heavy atom. The summed E-state index contributed by atoms with van der Waals surface area (Å²) in [5.74, 6) is 1.62. The van der Waals surface area contributed by atoms with Crippen molar-refractivity contribution in [1.29, 1.82) is 5.26 Å². The summed E-state index contributed by atoms with van der Waals surface area (Å²) in [6.07, 6.45) is 4.84. The maximum Gasteiger partial charge on any atom is 0.238 e. The van der Waals surface area contributed by atoms with Gasteiger partial charge in [0.2, 0.25) is 5.88 Å². The number of rotatable bonds is 5. The summed E-state index contributed by atoms with van der Waals surface area (Å²) in [5.41, 5.74) is 6.21. The van der Waals surface area contributed by atoms with Crippen LogP contribution < -0.4 is 0 Å². The molecule has 0 aliphatic rings. The number of aromatic nitrogens is 1. The molecule has 0 saturated carbocycles. The fourth-order valence-corrected chi connectivity index (χ4v) is 4.08. The lowest BCUT2D eigenvalue weighted by Crippen LogP contribution is -2.01. The van der Waals surface area contributed by atoms with Gasteiger partial charge in [-0.1, -0.05) is 18.2 Å². The molecule has 4 aromatic heterocycles. The number of benzene rings is 1. The van der Waals surface area contributed by atoms with Gasteiger partial charge in [-0.15, -0.1) is 0 Å². The quantitative estimate of drug-likeness (QED) is 0.275. The van der Waals surface area contributed by atoms with Crippen LogP contribution in [0.25, 0.3) is 28.5 Å². The first-order valence-corrected chi connectivity index (χ1v) is 10.5. The molecule has 5 aromatic rings. The normalized spacial score (nSPS) is 11.3. The number of furan rings is 3. The third kappa shape index (κ3) is 3.50. The first-order chi connectivity index (χ1) is 16.1. The van der Waals surface area contributed by atoms with Crippen LogP contribution >= 0.6 is 0 Å². The van der Waals surface area contributed by atoms with Crippen LogP contribution in [0.3, 0.4) is 0 Å². The van der Waals surface area contributed by atoms with Crippen LogP contribution in [0.2, 0.25) is 0 Å². The molecule has 4 heterocycles. The molecule has 5 rings (SSSR count). The van der Waals surface area contributed by atoms with Gasteiger partial charge >= 0.3 is 0 Å². The fraction of sp³-hybridized carbons (Fsp3) is 0.111. The molecule has 33 heavy (non-hydrogen) atoms. The standard InChI is InChI=1S/C27H21N3O3/c1-17-8-4-5-9-22(17)30-18(2)14-20(19(30)3)16-29-27-21(15-28)25(23-10-6-12-31-23)26(33-27)24-11-7-13-32-24/h4-14,16H,1-3H3. The summed E-state index contributed by atoms with van der Waals surface area (Å²) in [4.78, 5) is 4.57. The molecule has 0 aliphatic heterocycles. The molecule has 0 atom stereocenters. The van der Waals surface area contributed by atoms with Gasteiger partial charge in [0.15, 0.2) is 11.5 Å². The molecular formula is C27H21N3O3. The van der Waals surface area contributed by atoms with Gasteiger partial charge in [-0.05, 0) is 62.7 Å². The Balaban J connectivity index is 1.61. The number of aliphatic imine (C=N–C) groups is 1. The molecule has 1 aromatic carbocycles. The third-order valence-corrected chi connectivity index (χ3v) is 5.66. The minimum Gasteiger partial charge on any atom is -0.464 e. The zero-order valence-electron chi connectivity index (χ0n) is 18.5. The summed E-state index contributed by atoms with van der Waals surface area (Å²) in [6, 6.07) is 19.6. The summed E-state index contributed by atoms with van der Waals surface area (Å²) in [5, 5.41) is 9.93. The van der Waals surface area contributed by atoms with E-state index in [-0.39, 0.29) is 5.88 Å². The summed E-state index contributed by atoms with van der Waals surface area (Å²) >= 11 is 0. The van der Waals surface area contributed by atoms with Crippen molar-refractivity contribution in [3.8, 4) is 34.6 Å². The van der Waals surface area contributed by atoms with Crippen molar-refractivity contribution in [3.05, 3.63) is 95.2 Å². The number of hydrogen-bond acceptors (Lipinski definition) is 5. The third-order valence-electron chi connectivity index (χ3n) is 5.66. The summed E-state index contributed by atoms with van der Waals surface area (Å²) < 4.78 is 19.3. The maximum absolute atomic E-state index is 9.93. The molecular weight excluding hydrogens is 414 g/mol. The molecule has 0 N–H and O–H groups in total. The molecule has 0 amide bonds. The van der Waals surface area contributed by atoms with Gasteiger partial charge < -0.3 is 17.8 Å². The van der Waals surface area contributed by atoms with Crippen molar-refractivity contribution in [3.63, 3.8) is 0 Å². The molecule has 0 spiro atoms. The average Bonchev–Trinajstić information content (AvgIpc) is 3.60. The number of hydrogen-bond donors (Lipinski definition) is 0. The van der Waals surface area contributed by atoms with E-state index in [1.54, 1.807) is 43.0 Å². The Hall–Kier alpha value is -4.50. The van der Waals surface area contributed by atoms with E-state index in [0.717, 1.165) is 22.6 Å². The molecule has 0 bridgehead atoms. The molecule has 0 aliphatic carbocycles. The Morgan fingerprint density at radius 3 is 2.33 bits per heavy atom. The maximum atomic E-state index is 9.93. The molecule has 0 unspecified atom stereocenters. The zero-order valence-corrected chi connectivity index (χ0v) is 18.5. The van der Waals surface area contributed by atoms with Crippen molar-refractivity contribution in [2.24, 2.45) is 4.99 Å². The van der Waals surface area contributed by atoms with Gasteiger partial charge in [0.1, 0.15) is 17.4 Å². The van der Waals surface area contributed by atoms with E-state index < -0.39 is 0 Å². The van der Waals surface area contributed by atoms with Gasteiger partial charge in [0.25, 0.3) is 0 Å². The summed E-state index contributed by atoms with van der Waals surface area (Å²) in [7, 11) is 0. The summed E-state index contributed by atoms with van der Waals surface area (Å²) in [6.45, 7) is 6.21. The Morgan fingerprint density at radius 2 is 1.67 bits per heavy atom. The molecule has 6 nitrogen and oxygen atoms in total. The minimum absolute atomic E-state index is 0.205. The van der Waals surface area contributed by atoms with Gasteiger partial charge in [-0.2, -0.15) is 5.26 Å². The lowest BCUT2D eigenvalue weighted by Gasteiger charge is -2.12. The van der Waals surface area contributed by atoms with E-state index in [2.05, 4.69) is 54.6 Å². The Labute approximate surface area is 191 Å². The highest BCUT2D eigenvalue weighted by atomic mass is 16.4. The second kappa shape index (κ2) is 8.21. The van der Waals surface area contributed by atoms with E-state index in [9.17, 15) is 5.26 Å². The molecule has 0 fully saturated rings. The van der Waals surface area contributed by atoms with E-state index >= 15 is 0 Å². The van der Waals surface area contributed by atoms with Gasteiger partial charge in [0.05, 0.1) is 18.1 Å². The smallest absolute Gasteiger partial charge is 0.238 e. The number of aryl methyl sites for hydroxylation is 2. The van der Waals surface area contributed by atoms with Crippen LogP contribution in [-0.2, 0) is 0 Å². The monoisotopic (exact) mass is 435 g/mol. The lowest BCUT2D eigenvalue weighted by atomic mass is 10.1. The predicted octanol–water partition coefficient (Wildman–Crippen LogP) is 7.14. The largest absolute Gasteiger partial charge is 0.464 e. The number of para-hydroxylation sites is 1. The van der Waals surface area contributed by atoms with Crippen LogP contribution in [0.5, 0.6) is 0 Å². The first-order valence-electron chi connectivity index (χ1n) is 10.5. The van der Waals surface area contributed by atoms with E-state index in [0.29, 0.717) is 28.4 Å². The molecule has 6 heteroatoms. The fourth-order valence-electron chi connectivity index (χ4n) is 4.08. The van der Waals surface area contributed by atoms with E-state index in [1.807, 2.05) is 12.1 Å². The predicted molar refractivity (Wildman–Crippen MR) is 126 cm³/mol. The van der Waals surface area contributed by atoms with Crippen LogP contribution in [0.4, 0.5) is 5.88 Å². The Bertz CT molecular complexity index is 1490. The second-order valence-corrected chi connectivity index (χ2v) is 7.76. The highest BCUT2D eigenvalue weighted by molar-refractivity contribution is 5.88. The number of nitrogens with zero attached hydrogens (tertiary/aromatic N) is 3. The van der Waals surface area contributed by atoms with Crippen molar-refractivity contribution in [2.75, 3.05) is 0 Å². The number of nitriles is 1. The van der Waals surface area contributed by atoms with E-state index in [4.69, 9.17) is 13.3 Å². The molecule has 0 saturated heterocycles. The average molecular weight is 435 g/mol. The second-order valence-electron chi connectivity index (χ2n) is 7.76.